The van der Waals surface area contributed by atoms with E-state index in [0.29, 0.717) is 31.0 Å². The first-order chi connectivity index (χ1) is 13.4. The lowest BCUT2D eigenvalue weighted by Crippen LogP contribution is -2.54. The van der Waals surface area contributed by atoms with Crippen molar-refractivity contribution < 1.29 is 19.8 Å². The van der Waals surface area contributed by atoms with Crippen LogP contribution in [0.3, 0.4) is 0 Å². The van der Waals surface area contributed by atoms with Crippen molar-refractivity contribution in [3.05, 3.63) is 16.5 Å². The van der Waals surface area contributed by atoms with E-state index in [4.69, 9.17) is 16.6 Å². The van der Waals surface area contributed by atoms with Crippen molar-refractivity contribution in [2.75, 3.05) is 43.4 Å². The van der Waals surface area contributed by atoms with Gasteiger partial charge in [0.2, 0.25) is 5.91 Å². The first-order valence-corrected chi connectivity index (χ1v) is 10.0. The van der Waals surface area contributed by atoms with Gasteiger partial charge in [0.1, 0.15) is 21.6 Å². The summed E-state index contributed by atoms with van der Waals surface area (Å²) < 4.78 is 0. The topological polar surface area (TPSA) is 146 Å². The van der Waals surface area contributed by atoms with E-state index in [1.54, 1.807) is 4.90 Å². The monoisotopic (exact) mass is 407 g/mol. The smallest absolute Gasteiger partial charge is 0.348 e. The summed E-state index contributed by atoms with van der Waals surface area (Å²) in [6.07, 6.45) is 1.67. The number of aliphatic hydroxyl groups excluding tert-OH is 1. The first-order valence-electron chi connectivity index (χ1n) is 9.22. The average Bonchev–Trinajstić information content (AvgIpc) is 3.04. The fraction of sp³-hybridized carbons (Fsp3) is 0.500. The number of fused-ring (bicyclic) bond motifs is 1. The number of nitrogen functional groups attached to an aromatic ring is 1. The summed E-state index contributed by atoms with van der Waals surface area (Å²) in [5.41, 5.74) is 13.0. The number of nitrogens with zero attached hydrogens (tertiary/aromatic N) is 3. The van der Waals surface area contributed by atoms with Gasteiger partial charge >= 0.3 is 5.97 Å². The molecule has 0 bridgehead atoms. The van der Waals surface area contributed by atoms with Crippen LogP contribution in [0.1, 0.15) is 28.6 Å². The fourth-order valence-electron chi connectivity index (χ4n) is 3.44. The molecule has 0 radical (unpaired) electrons. The number of hydrogen-bond donors (Lipinski definition) is 4. The van der Waals surface area contributed by atoms with Crippen molar-refractivity contribution >= 4 is 44.9 Å². The highest BCUT2D eigenvalue weighted by molar-refractivity contribution is 7.21. The molecule has 152 valence electrons. The number of aromatic nitrogens is 1. The zero-order valence-corrected chi connectivity index (χ0v) is 16.5. The molecule has 0 saturated carbocycles. The number of carboxylic acid groups (broad SMARTS) is 1. The molecule has 3 rings (SSSR count). The molecule has 2 aromatic heterocycles. The molecule has 1 fully saturated rings. The molecule has 1 saturated heterocycles. The second-order valence-corrected chi connectivity index (χ2v) is 7.82. The Hall–Kier alpha value is -2.43. The van der Waals surface area contributed by atoms with Crippen LogP contribution in [0.5, 0.6) is 0 Å². The van der Waals surface area contributed by atoms with Crippen LogP contribution in [0.2, 0.25) is 0 Å². The normalized spacial score (nSPS) is 15.8. The Morgan fingerprint density at radius 1 is 1.32 bits per heavy atom. The van der Waals surface area contributed by atoms with Gasteiger partial charge in [0.25, 0.3) is 0 Å². The summed E-state index contributed by atoms with van der Waals surface area (Å²) in [6, 6.07) is 1.08. The Kier molecular flexibility index (Phi) is 6.01. The molecule has 9 nitrogen and oxygen atoms in total. The van der Waals surface area contributed by atoms with Gasteiger partial charge in [-0.3, -0.25) is 4.79 Å². The number of pyridine rings is 1. The number of carbonyl (C=O) groups is 2. The molecular weight excluding hydrogens is 382 g/mol. The van der Waals surface area contributed by atoms with Gasteiger partial charge in [0.05, 0.1) is 12.3 Å². The van der Waals surface area contributed by atoms with Gasteiger partial charge in [-0.1, -0.05) is 13.3 Å². The maximum Gasteiger partial charge on any atom is 0.348 e. The van der Waals surface area contributed by atoms with Crippen molar-refractivity contribution in [3.63, 3.8) is 0 Å². The number of carbonyl (C=O) groups excluding carboxylic acids is 1. The molecule has 0 unspecified atom stereocenters. The summed E-state index contributed by atoms with van der Waals surface area (Å²) in [7, 11) is 0. The number of aromatic carboxylic acids is 1. The molecule has 1 atom stereocenters. The minimum atomic E-state index is -1.04. The zero-order valence-electron chi connectivity index (χ0n) is 15.7. The highest BCUT2D eigenvalue weighted by Gasteiger charge is 2.27. The number of rotatable bonds is 6. The molecule has 28 heavy (non-hydrogen) atoms. The van der Waals surface area contributed by atoms with Crippen LogP contribution in [0, 0.1) is 0 Å². The molecule has 10 heteroatoms. The summed E-state index contributed by atoms with van der Waals surface area (Å²) in [6.45, 7) is 3.83. The third-order valence-electron chi connectivity index (χ3n) is 4.91. The summed E-state index contributed by atoms with van der Waals surface area (Å²) in [5, 5.41) is 19.2. The number of carboxylic acids is 1. The lowest BCUT2D eigenvalue weighted by molar-refractivity contribution is -0.133. The number of thiophene rings is 1. The maximum absolute atomic E-state index is 12.1. The minimum Gasteiger partial charge on any atom is -0.477 e. The van der Waals surface area contributed by atoms with Crippen LogP contribution in [0.15, 0.2) is 6.07 Å². The predicted octanol–water partition coefficient (Wildman–Crippen LogP) is 0.497. The number of aliphatic hydroxyl groups is 1. The number of nitrogens with two attached hydrogens (primary N) is 2. The minimum absolute atomic E-state index is 0.116. The Labute approximate surface area is 166 Å². The second-order valence-electron chi connectivity index (χ2n) is 6.82. The lowest BCUT2D eigenvalue weighted by Gasteiger charge is -2.36. The van der Waals surface area contributed by atoms with E-state index in [-0.39, 0.29) is 23.1 Å². The second kappa shape index (κ2) is 8.29. The van der Waals surface area contributed by atoms with E-state index in [1.807, 2.05) is 6.07 Å². The molecule has 6 N–H and O–H groups in total. The van der Waals surface area contributed by atoms with Crippen molar-refractivity contribution in [3.8, 4) is 0 Å². The largest absolute Gasteiger partial charge is 0.477 e. The molecule has 1 amide bonds. The Balaban J connectivity index is 1.88. The summed E-state index contributed by atoms with van der Waals surface area (Å²) in [4.78, 5) is 32.7. The third-order valence-corrected chi connectivity index (χ3v) is 6.00. The van der Waals surface area contributed by atoms with Crippen LogP contribution >= 0.6 is 11.3 Å². The van der Waals surface area contributed by atoms with Gasteiger partial charge in [-0.2, -0.15) is 0 Å². The maximum atomic E-state index is 12.1. The molecule has 1 aliphatic heterocycles. The van der Waals surface area contributed by atoms with Gasteiger partial charge in [-0.15, -0.1) is 11.3 Å². The molecular formula is C18H25N5O4S. The van der Waals surface area contributed by atoms with E-state index >= 15 is 0 Å². The highest BCUT2D eigenvalue weighted by atomic mass is 32.1. The lowest BCUT2D eigenvalue weighted by atomic mass is 10.1. The van der Waals surface area contributed by atoms with Gasteiger partial charge < -0.3 is 31.5 Å². The molecule has 1 aliphatic rings. The molecule has 2 aromatic rings. The fourth-order valence-corrected chi connectivity index (χ4v) is 4.42. The van der Waals surface area contributed by atoms with Gasteiger partial charge in [0, 0.05) is 31.6 Å². The van der Waals surface area contributed by atoms with E-state index in [1.165, 1.54) is 0 Å². The first kappa shape index (κ1) is 20.3. The van der Waals surface area contributed by atoms with Crippen LogP contribution in [0.25, 0.3) is 10.2 Å². The molecule has 0 spiro atoms. The Morgan fingerprint density at radius 3 is 2.57 bits per heavy atom. The Bertz CT molecular complexity index is 892. The van der Waals surface area contributed by atoms with Crippen LogP contribution in [-0.4, -0.2) is 70.8 Å². The van der Waals surface area contributed by atoms with Gasteiger partial charge in [-0.05, 0) is 18.1 Å². The predicted molar refractivity (Wildman–Crippen MR) is 109 cm³/mol. The number of aryl methyl sites for hydroxylation is 1. The summed E-state index contributed by atoms with van der Waals surface area (Å²) in [5.74, 6) is -0.543. The highest BCUT2D eigenvalue weighted by Crippen LogP contribution is 2.37. The quantitative estimate of drug-likeness (QED) is 0.541. The van der Waals surface area contributed by atoms with Crippen LogP contribution in [-0.2, 0) is 11.2 Å². The van der Waals surface area contributed by atoms with Crippen molar-refractivity contribution in [1.29, 1.82) is 0 Å². The van der Waals surface area contributed by atoms with Crippen LogP contribution < -0.4 is 16.4 Å². The van der Waals surface area contributed by atoms with Crippen molar-refractivity contribution in [2.45, 2.75) is 25.8 Å². The Morgan fingerprint density at radius 2 is 2.00 bits per heavy atom. The summed E-state index contributed by atoms with van der Waals surface area (Å²) >= 11 is 1.09. The molecule has 0 aromatic carbocycles. The van der Waals surface area contributed by atoms with E-state index < -0.39 is 12.0 Å². The molecule has 3 heterocycles. The third kappa shape index (κ3) is 3.75. The SMILES string of the molecule is CCCc1cc(N2CCN(C(=O)[C@@H](N)CO)CC2)nc2sc(C(=O)O)c(N)c12. The van der Waals surface area contributed by atoms with Crippen molar-refractivity contribution in [1.82, 2.24) is 9.88 Å². The van der Waals surface area contributed by atoms with Crippen LogP contribution in [0.4, 0.5) is 11.5 Å². The standard InChI is InChI=1S/C18H25N5O4S/c1-2-3-10-8-12(21-16-13(10)14(20)15(28-16)18(26)27)22-4-6-23(7-5-22)17(25)11(19)9-24/h8,11,24H,2-7,9,19-20H2,1H3,(H,26,27)/t11-/m0/s1. The zero-order chi connectivity index (χ0) is 20.4. The van der Waals surface area contributed by atoms with E-state index in [0.717, 1.165) is 40.9 Å². The molecule has 0 aliphatic carbocycles. The van der Waals surface area contributed by atoms with E-state index in [2.05, 4.69) is 16.8 Å². The van der Waals surface area contributed by atoms with E-state index in [9.17, 15) is 14.7 Å². The number of anilines is 2. The number of piperazine rings is 1. The van der Waals surface area contributed by atoms with Gasteiger partial charge in [-0.25, -0.2) is 9.78 Å². The van der Waals surface area contributed by atoms with Gasteiger partial charge in [0.15, 0.2) is 0 Å². The number of hydrogen-bond acceptors (Lipinski definition) is 8. The number of amides is 1. The average molecular weight is 407 g/mol. The van der Waals surface area contributed by atoms with Crippen molar-refractivity contribution in [2.24, 2.45) is 5.73 Å².